The lowest BCUT2D eigenvalue weighted by Gasteiger charge is -2.29. The van der Waals surface area contributed by atoms with Crippen molar-refractivity contribution in [3.8, 4) is 28.8 Å². The van der Waals surface area contributed by atoms with Crippen LogP contribution < -0.4 is 11.1 Å². The van der Waals surface area contributed by atoms with Crippen molar-refractivity contribution in [3.05, 3.63) is 106 Å². The highest BCUT2D eigenvalue weighted by Crippen LogP contribution is 2.32. The number of piperidine rings is 1. The molecule has 270 valence electrons. The number of pyridine rings is 2. The summed E-state index contributed by atoms with van der Waals surface area (Å²) >= 11 is 0. The van der Waals surface area contributed by atoms with Crippen molar-refractivity contribution in [2.45, 2.75) is 64.6 Å². The van der Waals surface area contributed by atoms with Crippen molar-refractivity contribution in [2.24, 2.45) is 5.73 Å². The number of hydrogen-bond acceptors (Lipinski definition) is 8. The quantitative estimate of drug-likeness (QED) is 0.190. The number of benzene rings is 2. The van der Waals surface area contributed by atoms with E-state index < -0.39 is 17.9 Å². The van der Waals surface area contributed by atoms with Gasteiger partial charge in [-0.1, -0.05) is 37.0 Å². The van der Waals surface area contributed by atoms with Crippen LogP contribution in [0, 0.1) is 11.8 Å². The fourth-order valence-corrected chi connectivity index (χ4v) is 7.60. The number of nitrogens with one attached hydrogen (secondary N) is 1. The van der Waals surface area contributed by atoms with E-state index in [1.165, 1.54) is 4.90 Å². The van der Waals surface area contributed by atoms with E-state index >= 15 is 0 Å². The van der Waals surface area contributed by atoms with Crippen LogP contribution in [0.5, 0.6) is 0 Å². The van der Waals surface area contributed by atoms with Gasteiger partial charge in [-0.3, -0.25) is 39.3 Å². The van der Waals surface area contributed by atoms with Gasteiger partial charge >= 0.3 is 0 Å². The summed E-state index contributed by atoms with van der Waals surface area (Å²) in [5.74, 6) is 4.75. The molecule has 54 heavy (non-hydrogen) atoms. The fraction of sp³-hybridized carbons (Fsp3) is 0.268. The number of nitrogens with two attached hydrogens (primary N) is 1. The fourth-order valence-electron chi connectivity index (χ4n) is 7.60. The maximum absolute atomic E-state index is 13.2. The maximum atomic E-state index is 13.2. The van der Waals surface area contributed by atoms with Gasteiger partial charge in [0.05, 0.1) is 35.7 Å². The molecular formula is C41H36N8O5. The number of primary amides is 1. The van der Waals surface area contributed by atoms with E-state index in [0.29, 0.717) is 53.8 Å². The number of imide groups is 1. The molecule has 1 saturated heterocycles. The van der Waals surface area contributed by atoms with E-state index in [4.69, 9.17) is 15.8 Å². The Bertz CT molecular complexity index is 2510. The molecule has 8 rings (SSSR count). The molecule has 1 fully saturated rings. The van der Waals surface area contributed by atoms with Gasteiger partial charge in [0.25, 0.3) is 11.8 Å². The SMILES string of the molecule is CCc1nn(-c2cccc3cc(-c4cnc(C(N)=O)c(CCC#Cc5cccc6c5CN(C5CCC(=O)NC5=O)C6=O)c4)ncc23)c2c1CC(=O)N(C)C2. The van der Waals surface area contributed by atoms with E-state index in [0.717, 1.165) is 45.4 Å². The van der Waals surface area contributed by atoms with Gasteiger partial charge in [-0.25, -0.2) is 4.68 Å². The van der Waals surface area contributed by atoms with Crippen LogP contribution in [0.25, 0.3) is 27.7 Å². The van der Waals surface area contributed by atoms with Gasteiger partial charge in [0.2, 0.25) is 17.7 Å². The molecule has 3 aromatic heterocycles. The zero-order valence-electron chi connectivity index (χ0n) is 29.8. The number of nitrogens with zero attached hydrogens (tertiary/aromatic N) is 6. The average Bonchev–Trinajstić information content (AvgIpc) is 3.69. The van der Waals surface area contributed by atoms with Gasteiger partial charge < -0.3 is 15.5 Å². The van der Waals surface area contributed by atoms with Gasteiger partial charge in [-0.05, 0) is 66.1 Å². The van der Waals surface area contributed by atoms with Crippen LogP contribution in [-0.2, 0) is 46.7 Å². The third-order valence-corrected chi connectivity index (χ3v) is 10.4. The smallest absolute Gasteiger partial charge is 0.267 e. The molecule has 0 spiro atoms. The Morgan fingerprint density at radius 3 is 2.65 bits per heavy atom. The molecule has 5 aromatic rings. The second-order valence-corrected chi connectivity index (χ2v) is 13.8. The topological polar surface area (TPSA) is 173 Å². The van der Waals surface area contributed by atoms with Crippen LogP contribution in [0.3, 0.4) is 0 Å². The lowest BCUT2D eigenvalue weighted by atomic mass is 10.0. The molecule has 2 aromatic carbocycles. The van der Waals surface area contributed by atoms with Crippen molar-refractivity contribution in [2.75, 3.05) is 7.05 Å². The van der Waals surface area contributed by atoms with Crippen LogP contribution in [0.15, 0.2) is 60.9 Å². The van der Waals surface area contributed by atoms with Crippen molar-refractivity contribution in [1.82, 2.24) is 34.9 Å². The Balaban J connectivity index is 1.04. The third-order valence-electron chi connectivity index (χ3n) is 10.4. The highest BCUT2D eigenvalue weighted by molar-refractivity contribution is 6.05. The largest absolute Gasteiger partial charge is 0.364 e. The summed E-state index contributed by atoms with van der Waals surface area (Å²) in [6.45, 7) is 2.75. The Labute approximate surface area is 310 Å². The number of aromatic nitrogens is 4. The Morgan fingerprint density at radius 2 is 1.85 bits per heavy atom. The Morgan fingerprint density at radius 1 is 1.02 bits per heavy atom. The van der Waals surface area contributed by atoms with Crippen molar-refractivity contribution in [3.63, 3.8) is 0 Å². The molecule has 0 bridgehead atoms. The first-order valence-corrected chi connectivity index (χ1v) is 17.9. The summed E-state index contributed by atoms with van der Waals surface area (Å²) in [6.07, 6.45) is 5.70. The molecule has 6 heterocycles. The van der Waals surface area contributed by atoms with Gasteiger partial charge in [0.1, 0.15) is 11.7 Å². The van der Waals surface area contributed by atoms with Gasteiger partial charge in [0, 0.05) is 66.5 Å². The minimum Gasteiger partial charge on any atom is -0.364 e. The van der Waals surface area contributed by atoms with Crippen LogP contribution in [0.1, 0.15) is 80.7 Å². The van der Waals surface area contributed by atoms with E-state index in [2.05, 4.69) is 22.1 Å². The monoisotopic (exact) mass is 720 g/mol. The predicted molar refractivity (Wildman–Crippen MR) is 198 cm³/mol. The lowest BCUT2D eigenvalue weighted by molar-refractivity contribution is -0.137. The summed E-state index contributed by atoms with van der Waals surface area (Å²) in [5.41, 5.74) is 13.6. The molecule has 0 saturated carbocycles. The molecule has 1 unspecified atom stereocenters. The summed E-state index contributed by atoms with van der Waals surface area (Å²) in [5, 5.41) is 9.10. The molecule has 1 atom stereocenters. The normalized spacial score (nSPS) is 16.6. The number of likely N-dealkylation sites (N-methyl/N-ethyl adjacent to an activating group) is 1. The Hall–Kier alpha value is -6.68. The first kappa shape index (κ1) is 34.4. The van der Waals surface area contributed by atoms with E-state index in [9.17, 15) is 24.0 Å². The molecule has 3 N–H and O–H groups in total. The minimum atomic E-state index is -0.708. The molecule has 3 aliphatic rings. The molecule has 13 nitrogen and oxygen atoms in total. The van der Waals surface area contributed by atoms with E-state index in [1.807, 2.05) is 61.2 Å². The molecular weight excluding hydrogens is 685 g/mol. The number of carbonyl (C=O) groups excluding carboxylic acids is 5. The average molecular weight is 721 g/mol. The first-order valence-electron chi connectivity index (χ1n) is 17.9. The zero-order chi connectivity index (χ0) is 37.7. The predicted octanol–water partition coefficient (Wildman–Crippen LogP) is 3.40. The van der Waals surface area contributed by atoms with Crippen LogP contribution in [0.4, 0.5) is 0 Å². The second-order valence-electron chi connectivity index (χ2n) is 13.8. The standard InChI is InChI=1S/C41H36N8O5/c1-3-31-28-18-37(51)47(2)22-35(28)49(46-31)33-13-7-11-24-17-32(43-20-29(24)33)26-16-25(38(39(42)52)44-19-26)9-5-4-8-23-10-6-12-27-30(23)21-48(41(27)54)34-14-15-36(50)45-40(34)53/h6-7,10-13,16-17,19-20,34H,3,5,9,14-15,18,21-22H2,1-2H3,(H2,42,52)(H,45,50,53). The number of hydrogen-bond donors (Lipinski definition) is 2. The summed E-state index contributed by atoms with van der Waals surface area (Å²) in [6, 6.07) is 14.5. The van der Waals surface area contributed by atoms with Gasteiger partial charge in [-0.15, -0.1) is 0 Å². The minimum absolute atomic E-state index is 0.0838. The van der Waals surface area contributed by atoms with Crippen molar-refractivity contribution < 1.29 is 24.0 Å². The highest BCUT2D eigenvalue weighted by Gasteiger charge is 2.39. The zero-order valence-corrected chi connectivity index (χ0v) is 29.8. The van der Waals surface area contributed by atoms with Gasteiger partial charge in [-0.2, -0.15) is 5.10 Å². The maximum Gasteiger partial charge on any atom is 0.267 e. The number of fused-ring (bicyclic) bond motifs is 3. The lowest BCUT2D eigenvalue weighted by Crippen LogP contribution is -2.52. The Kier molecular flexibility index (Phi) is 8.73. The van der Waals surface area contributed by atoms with Gasteiger partial charge in [0.15, 0.2) is 0 Å². The van der Waals surface area contributed by atoms with Crippen LogP contribution in [0.2, 0.25) is 0 Å². The number of rotatable bonds is 7. The van der Waals surface area contributed by atoms with Crippen LogP contribution in [-0.4, -0.2) is 72.2 Å². The molecule has 0 aliphatic carbocycles. The number of aryl methyl sites for hydroxylation is 2. The summed E-state index contributed by atoms with van der Waals surface area (Å²) in [4.78, 5) is 74.7. The van der Waals surface area contributed by atoms with Crippen molar-refractivity contribution in [1.29, 1.82) is 0 Å². The summed E-state index contributed by atoms with van der Waals surface area (Å²) < 4.78 is 1.94. The second kappa shape index (κ2) is 13.7. The molecule has 0 radical (unpaired) electrons. The number of amides is 5. The number of carbonyl (C=O) groups is 5. The molecule has 3 aliphatic heterocycles. The van der Waals surface area contributed by atoms with E-state index in [1.54, 1.807) is 23.2 Å². The van der Waals surface area contributed by atoms with Crippen LogP contribution >= 0.6 is 0 Å². The molecule has 13 heteroatoms. The summed E-state index contributed by atoms with van der Waals surface area (Å²) in [7, 11) is 1.81. The molecule has 5 amide bonds. The first-order chi connectivity index (χ1) is 26.1. The highest BCUT2D eigenvalue weighted by atomic mass is 16.2. The van der Waals surface area contributed by atoms with E-state index in [-0.39, 0.29) is 42.8 Å². The van der Waals surface area contributed by atoms with Crippen molar-refractivity contribution >= 4 is 40.3 Å². The third kappa shape index (κ3) is 6.05.